The summed E-state index contributed by atoms with van der Waals surface area (Å²) < 4.78 is 6.71. The summed E-state index contributed by atoms with van der Waals surface area (Å²) in [5.74, 6) is 0.184. The molecule has 0 aromatic carbocycles. The Morgan fingerprint density at radius 3 is 2.84 bits per heavy atom. The summed E-state index contributed by atoms with van der Waals surface area (Å²) in [6.07, 6.45) is 1.55. The molecule has 0 aliphatic carbocycles. The van der Waals surface area contributed by atoms with E-state index in [4.69, 9.17) is 10.5 Å². The Hall–Kier alpha value is -1.76. The first-order valence-electron chi connectivity index (χ1n) is 6.45. The van der Waals surface area contributed by atoms with Crippen molar-refractivity contribution in [2.24, 2.45) is 0 Å². The number of anilines is 2. The molecule has 2 heterocycles. The van der Waals surface area contributed by atoms with E-state index in [9.17, 15) is 9.59 Å². The van der Waals surface area contributed by atoms with Crippen molar-refractivity contribution in [1.82, 2.24) is 9.55 Å². The van der Waals surface area contributed by atoms with Crippen molar-refractivity contribution in [3.05, 3.63) is 20.8 Å². The maximum atomic E-state index is 11.9. The minimum absolute atomic E-state index is 0.184. The third-order valence-electron chi connectivity index (χ3n) is 3.33. The highest BCUT2D eigenvalue weighted by Gasteiger charge is 2.31. The van der Waals surface area contributed by atoms with Crippen LogP contribution >= 0.6 is 0 Å². The van der Waals surface area contributed by atoms with Crippen LogP contribution in [0.5, 0.6) is 0 Å². The van der Waals surface area contributed by atoms with E-state index in [2.05, 4.69) is 10.3 Å². The summed E-state index contributed by atoms with van der Waals surface area (Å²) in [5, 5.41) is 3.13. The van der Waals surface area contributed by atoms with Crippen molar-refractivity contribution in [2.75, 3.05) is 24.3 Å². The molecule has 4 N–H and O–H groups in total. The molecule has 0 spiro atoms. The Morgan fingerprint density at radius 1 is 1.53 bits per heavy atom. The first kappa shape index (κ1) is 13.7. The van der Waals surface area contributed by atoms with E-state index in [1.54, 1.807) is 0 Å². The second kappa shape index (κ2) is 5.08. The molecule has 1 atom stereocenters. The van der Waals surface area contributed by atoms with Crippen LogP contribution in [0.2, 0.25) is 0 Å². The molecule has 19 heavy (non-hydrogen) atoms. The molecule has 0 amide bonds. The Labute approximate surface area is 110 Å². The predicted octanol–water partition coefficient (Wildman–Crippen LogP) is 0.120. The number of hydrogen-bond acceptors (Lipinski definition) is 5. The van der Waals surface area contributed by atoms with Crippen molar-refractivity contribution in [2.45, 2.75) is 38.8 Å². The Balaban J connectivity index is 2.42. The molecule has 7 heteroatoms. The van der Waals surface area contributed by atoms with Gasteiger partial charge in [0.05, 0.1) is 12.1 Å². The van der Waals surface area contributed by atoms with E-state index >= 15 is 0 Å². The van der Waals surface area contributed by atoms with Crippen molar-refractivity contribution in [1.29, 1.82) is 0 Å². The van der Waals surface area contributed by atoms with Crippen molar-refractivity contribution in [3.63, 3.8) is 0 Å². The van der Waals surface area contributed by atoms with Gasteiger partial charge in [-0.3, -0.25) is 14.3 Å². The smallest absolute Gasteiger partial charge is 0.330 e. The first-order valence-corrected chi connectivity index (χ1v) is 6.45. The van der Waals surface area contributed by atoms with E-state index in [-0.39, 0.29) is 17.0 Å². The number of nitrogens with two attached hydrogens (primary N) is 1. The zero-order chi connectivity index (χ0) is 14.0. The van der Waals surface area contributed by atoms with E-state index in [1.807, 2.05) is 13.8 Å². The van der Waals surface area contributed by atoms with Gasteiger partial charge in [-0.25, -0.2) is 4.79 Å². The third kappa shape index (κ3) is 2.65. The van der Waals surface area contributed by atoms with Gasteiger partial charge in [-0.15, -0.1) is 0 Å². The molecule has 7 nitrogen and oxygen atoms in total. The van der Waals surface area contributed by atoms with Crippen molar-refractivity contribution in [3.8, 4) is 0 Å². The van der Waals surface area contributed by atoms with Crippen LogP contribution in [0.4, 0.5) is 11.5 Å². The maximum absolute atomic E-state index is 11.9. The third-order valence-corrected chi connectivity index (χ3v) is 3.33. The molecule has 1 aromatic heterocycles. The lowest BCUT2D eigenvalue weighted by Crippen LogP contribution is -2.41. The summed E-state index contributed by atoms with van der Waals surface area (Å²) >= 11 is 0. The minimum atomic E-state index is -0.483. The number of H-pyrrole nitrogens is 1. The van der Waals surface area contributed by atoms with Gasteiger partial charge in [-0.05, 0) is 19.8 Å². The van der Waals surface area contributed by atoms with Crippen LogP contribution in [0, 0.1) is 0 Å². The Kier molecular flexibility index (Phi) is 3.66. The molecule has 1 aromatic rings. The van der Waals surface area contributed by atoms with Gasteiger partial charge in [0.2, 0.25) is 0 Å². The average molecular weight is 268 g/mol. The fourth-order valence-electron chi connectivity index (χ4n) is 2.22. The monoisotopic (exact) mass is 268 g/mol. The molecule has 1 aliphatic heterocycles. The summed E-state index contributed by atoms with van der Waals surface area (Å²) in [7, 11) is 0. The summed E-state index contributed by atoms with van der Waals surface area (Å²) in [6, 6.07) is 0. The molecule has 2 rings (SSSR count). The SMILES string of the molecule is CCCn1c(N)c(NC2(C)CCOC2)c(=O)[nH]c1=O. The fraction of sp³-hybridized carbons (Fsp3) is 0.667. The van der Waals surface area contributed by atoms with Crippen molar-refractivity contribution < 1.29 is 4.74 Å². The van der Waals surface area contributed by atoms with Gasteiger partial charge < -0.3 is 15.8 Å². The van der Waals surface area contributed by atoms with Crippen LogP contribution in [-0.4, -0.2) is 28.3 Å². The van der Waals surface area contributed by atoms with Crippen LogP contribution in [-0.2, 0) is 11.3 Å². The molecule has 1 fully saturated rings. The topological polar surface area (TPSA) is 102 Å². The number of aromatic nitrogens is 2. The molecule has 1 unspecified atom stereocenters. The average Bonchev–Trinajstić information content (AvgIpc) is 2.77. The fourth-order valence-corrected chi connectivity index (χ4v) is 2.22. The Bertz CT molecular complexity index is 569. The van der Waals surface area contributed by atoms with Crippen LogP contribution in [0.3, 0.4) is 0 Å². The zero-order valence-electron chi connectivity index (χ0n) is 11.3. The second-order valence-corrected chi connectivity index (χ2v) is 5.16. The highest BCUT2D eigenvalue weighted by Crippen LogP contribution is 2.24. The van der Waals surface area contributed by atoms with Gasteiger partial charge >= 0.3 is 5.69 Å². The number of ether oxygens (including phenoxy) is 1. The van der Waals surface area contributed by atoms with Gasteiger partial charge in [-0.1, -0.05) is 6.92 Å². The number of nitrogens with one attached hydrogen (secondary N) is 2. The molecular weight excluding hydrogens is 248 g/mol. The number of aromatic amines is 1. The lowest BCUT2D eigenvalue weighted by atomic mass is 10.0. The van der Waals surface area contributed by atoms with Crippen molar-refractivity contribution >= 4 is 11.5 Å². The minimum Gasteiger partial charge on any atom is -0.383 e. The standard InChI is InChI=1S/C12H20N4O3/c1-3-5-16-9(13)8(10(17)14-11(16)18)15-12(2)4-6-19-7-12/h15H,3-7,13H2,1-2H3,(H,14,17,18). The summed E-state index contributed by atoms with van der Waals surface area (Å²) in [5.41, 5.74) is 4.92. The maximum Gasteiger partial charge on any atom is 0.330 e. The van der Waals surface area contributed by atoms with Gasteiger partial charge in [0.25, 0.3) is 5.56 Å². The zero-order valence-corrected chi connectivity index (χ0v) is 11.3. The summed E-state index contributed by atoms with van der Waals surface area (Å²) in [4.78, 5) is 25.9. The van der Waals surface area contributed by atoms with Gasteiger partial charge in [-0.2, -0.15) is 0 Å². The van der Waals surface area contributed by atoms with Crippen LogP contribution in [0.25, 0.3) is 0 Å². The lowest BCUT2D eigenvalue weighted by Gasteiger charge is -2.25. The molecule has 1 saturated heterocycles. The highest BCUT2D eigenvalue weighted by molar-refractivity contribution is 5.61. The van der Waals surface area contributed by atoms with Crippen LogP contribution in [0.1, 0.15) is 26.7 Å². The number of rotatable bonds is 4. The second-order valence-electron chi connectivity index (χ2n) is 5.16. The summed E-state index contributed by atoms with van der Waals surface area (Å²) in [6.45, 7) is 5.54. The van der Waals surface area contributed by atoms with Gasteiger partial charge in [0.15, 0.2) is 0 Å². The number of hydrogen-bond donors (Lipinski definition) is 3. The van der Waals surface area contributed by atoms with Crippen LogP contribution in [0.15, 0.2) is 9.59 Å². The molecular formula is C12H20N4O3. The van der Waals surface area contributed by atoms with Gasteiger partial charge in [0.1, 0.15) is 11.5 Å². The Morgan fingerprint density at radius 2 is 2.26 bits per heavy atom. The lowest BCUT2D eigenvalue weighted by molar-refractivity contribution is 0.185. The van der Waals surface area contributed by atoms with E-state index in [0.29, 0.717) is 19.8 Å². The van der Waals surface area contributed by atoms with Crippen LogP contribution < -0.4 is 22.3 Å². The highest BCUT2D eigenvalue weighted by atomic mass is 16.5. The van der Waals surface area contributed by atoms with E-state index in [0.717, 1.165) is 12.8 Å². The molecule has 0 bridgehead atoms. The molecule has 106 valence electrons. The number of nitrogens with zero attached hydrogens (tertiary/aromatic N) is 1. The first-order chi connectivity index (χ1) is 8.97. The van der Waals surface area contributed by atoms with Gasteiger partial charge in [0, 0.05) is 13.2 Å². The van der Waals surface area contributed by atoms with E-state index < -0.39 is 11.2 Å². The molecule has 0 saturated carbocycles. The largest absolute Gasteiger partial charge is 0.383 e. The molecule has 1 aliphatic rings. The number of nitrogen functional groups attached to an aromatic ring is 1. The predicted molar refractivity (Wildman–Crippen MR) is 73.5 cm³/mol. The normalized spacial score (nSPS) is 22.6. The quantitative estimate of drug-likeness (QED) is 0.720. The molecule has 0 radical (unpaired) electrons. The van der Waals surface area contributed by atoms with E-state index in [1.165, 1.54) is 4.57 Å².